The first-order valence-corrected chi connectivity index (χ1v) is 18.2. The van der Waals surface area contributed by atoms with Gasteiger partial charge in [-0.2, -0.15) is 4.31 Å². The zero-order valence-electron chi connectivity index (χ0n) is 23.9. The van der Waals surface area contributed by atoms with Crippen LogP contribution in [0.2, 0.25) is 13.1 Å². The van der Waals surface area contributed by atoms with Crippen molar-refractivity contribution in [3.05, 3.63) is 123 Å². The van der Waals surface area contributed by atoms with E-state index in [1.807, 2.05) is 45.0 Å². The third-order valence-corrected chi connectivity index (χ3v) is 15.8. The summed E-state index contributed by atoms with van der Waals surface area (Å²) in [6, 6.07) is 25.4. The second-order valence-electron chi connectivity index (χ2n) is 11.7. The second-order valence-corrected chi connectivity index (χ2v) is 18.5. The Morgan fingerprint density at radius 3 is 2.02 bits per heavy atom. The van der Waals surface area contributed by atoms with E-state index in [1.54, 1.807) is 57.9 Å². The van der Waals surface area contributed by atoms with Crippen LogP contribution in [-0.2, 0) is 15.2 Å². The number of aromatic nitrogens is 3. The molecule has 10 heteroatoms. The maximum Gasteiger partial charge on any atom is 0.352 e. The van der Waals surface area contributed by atoms with Gasteiger partial charge in [0.2, 0.25) is 10.0 Å². The fourth-order valence-electron chi connectivity index (χ4n) is 6.55. The van der Waals surface area contributed by atoms with Crippen molar-refractivity contribution >= 4 is 23.3 Å². The van der Waals surface area contributed by atoms with E-state index < -0.39 is 40.7 Å². The van der Waals surface area contributed by atoms with Crippen LogP contribution in [0, 0.1) is 6.92 Å². The average Bonchev–Trinajstić information content (AvgIpc) is 3.54. The first-order valence-electron chi connectivity index (χ1n) is 13.8. The van der Waals surface area contributed by atoms with E-state index in [2.05, 4.69) is 25.2 Å². The zero-order valence-corrected chi connectivity index (χ0v) is 25.7. The van der Waals surface area contributed by atoms with Gasteiger partial charge < -0.3 is 0 Å². The summed E-state index contributed by atoms with van der Waals surface area (Å²) in [5.74, 6) is 0. The molecule has 3 heterocycles. The minimum absolute atomic E-state index is 0.160. The summed E-state index contributed by atoms with van der Waals surface area (Å²) >= 11 is 0. The fourth-order valence-corrected chi connectivity index (χ4v) is 11.3. The summed E-state index contributed by atoms with van der Waals surface area (Å²) < 4.78 is 33.7. The maximum absolute atomic E-state index is 14.4. The summed E-state index contributed by atoms with van der Waals surface area (Å²) in [5.41, 5.74) is 2.44. The summed E-state index contributed by atoms with van der Waals surface area (Å²) in [6.07, 6.45) is 0. The lowest BCUT2D eigenvalue weighted by Crippen LogP contribution is -2.67. The van der Waals surface area contributed by atoms with E-state index in [-0.39, 0.29) is 18.0 Å². The van der Waals surface area contributed by atoms with E-state index >= 15 is 0 Å². The minimum Gasteiger partial charge on any atom is -0.245 e. The predicted molar refractivity (Wildman–Crippen MR) is 163 cm³/mol. The van der Waals surface area contributed by atoms with Crippen LogP contribution >= 0.6 is 0 Å². The summed E-state index contributed by atoms with van der Waals surface area (Å²) in [5, 5.41) is 0.186. The highest BCUT2D eigenvalue weighted by Gasteiger charge is 2.57. The van der Waals surface area contributed by atoms with Crippen molar-refractivity contribution in [2.45, 2.75) is 50.0 Å². The molecule has 3 aromatic carbocycles. The lowest BCUT2D eigenvalue weighted by Gasteiger charge is -2.49. The van der Waals surface area contributed by atoms with Gasteiger partial charge in [-0.1, -0.05) is 84.5 Å². The molecule has 0 amide bonds. The van der Waals surface area contributed by atoms with E-state index in [0.717, 1.165) is 21.9 Å². The van der Waals surface area contributed by atoms with Crippen LogP contribution < -0.4 is 16.6 Å². The number of hydrogen-bond acceptors (Lipinski definition) is 4. The number of hydrogen-bond donors (Lipinski definition) is 0. The summed E-state index contributed by atoms with van der Waals surface area (Å²) in [6.45, 7) is 10.6. The molecular formula is C31H34N4O4SSi. The number of fused-ring (bicyclic) bond motifs is 1. The first-order chi connectivity index (χ1) is 19.4. The molecule has 0 radical (unpaired) electrons. The Balaban J connectivity index is 1.59. The van der Waals surface area contributed by atoms with Gasteiger partial charge in [-0.05, 0) is 56.2 Å². The molecule has 0 saturated carbocycles. The highest BCUT2D eigenvalue weighted by atomic mass is 32.2. The van der Waals surface area contributed by atoms with Crippen molar-refractivity contribution in [3.63, 3.8) is 0 Å². The lowest BCUT2D eigenvalue weighted by atomic mass is 9.97. The minimum atomic E-state index is -3.81. The molecule has 0 bridgehead atoms. The van der Waals surface area contributed by atoms with Crippen LogP contribution in [0.4, 0.5) is 0 Å². The molecule has 1 aromatic heterocycles. The molecule has 4 aromatic rings. The Morgan fingerprint density at radius 1 is 0.829 bits per heavy atom. The number of rotatable bonds is 5. The molecule has 8 nitrogen and oxygen atoms in total. The average molecular weight is 587 g/mol. The van der Waals surface area contributed by atoms with Crippen LogP contribution in [-0.4, -0.2) is 47.8 Å². The Kier molecular flexibility index (Phi) is 6.29. The fraction of sp³-hybridized carbons (Fsp3) is 0.290. The van der Waals surface area contributed by atoms with Crippen LogP contribution in [0.3, 0.4) is 0 Å². The van der Waals surface area contributed by atoms with E-state index in [9.17, 15) is 18.0 Å². The smallest absolute Gasteiger partial charge is 0.245 e. The van der Waals surface area contributed by atoms with Gasteiger partial charge in [-0.25, -0.2) is 31.9 Å². The third kappa shape index (κ3) is 3.84. The Bertz CT molecular complexity index is 1910. The van der Waals surface area contributed by atoms with Gasteiger partial charge in [0.1, 0.15) is 8.07 Å². The Labute approximate surface area is 240 Å². The van der Waals surface area contributed by atoms with Crippen molar-refractivity contribution in [2.24, 2.45) is 0 Å². The number of para-hydroxylation sites is 1. The molecule has 0 aliphatic carbocycles. The van der Waals surface area contributed by atoms with Crippen molar-refractivity contribution in [2.75, 3.05) is 13.1 Å². The molecule has 2 aliphatic heterocycles. The standard InChI is InChI=1S/C31H34N4O4SSi/c1-22-16-18-25(19-17-22)40(38,39)32-20-27-23(2)34-29(36)33(24-12-8-6-9-13-24)30(37)35(34)31(3,28(27)21-32)41(4,5)26-14-10-7-11-15-26/h6-19,23H,20-21H2,1-5H3/t23-,31-/m0/s1. The van der Waals surface area contributed by atoms with Gasteiger partial charge in [0, 0.05) is 13.1 Å². The summed E-state index contributed by atoms with van der Waals surface area (Å²) in [7, 11) is -6.49. The normalized spacial score (nSPS) is 21.1. The van der Waals surface area contributed by atoms with E-state index in [4.69, 9.17) is 0 Å². The monoisotopic (exact) mass is 586 g/mol. The van der Waals surface area contributed by atoms with Crippen molar-refractivity contribution in [3.8, 4) is 5.69 Å². The molecular weight excluding hydrogens is 553 g/mol. The van der Waals surface area contributed by atoms with Crippen LogP contribution in [0.15, 0.2) is 111 Å². The number of aryl methyl sites for hydroxylation is 1. The molecule has 2 atom stereocenters. The van der Waals surface area contributed by atoms with Gasteiger partial charge in [-0.15, -0.1) is 0 Å². The largest absolute Gasteiger partial charge is 0.352 e. The van der Waals surface area contributed by atoms with Crippen molar-refractivity contribution in [1.82, 2.24) is 18.2 Å². The molecule has 0 spiro atoms. The predicted octanol–water partition coefficient (Wildman–Crippen LogP) is 3.55. The Morgan fingerprint density at radius 2 is 1.41 bits per heavy atom. The van der Waals surface area contributed by atoms with Gasteiger partial charge in [-0.3, -0.25) is 0 Å². The first kappa shape index (κ1) is 27.4. The van der Waals surface area contributed by atoms with Crippen LogP contribution in [0.25, 0.3) is 5.69 Å². The van der Waals surface area contributed by atoms with Crippen LogP contribution in [0.1, 0.15) is 25.5 Å². The SMILES string of the molecule is Cc1ccc(S(=O)(=O)N2CC3=C(C2)[C@](C)([Si](C)(C)c2ccccc2)n2c(=O)n(-c4ccccc4)c(=O)n2[C@H]3C)cc1. The molecule has 0 saturated heterocycles. The molecule has 0 N–H and O–H groups in total. The molecule has 0 unspecified atom stereocenters. The quantitative estimate of drug-likeness (QED) is 0.264. The van der Waals surface area contributed by atoms with Gasteiger partial charge in [0.15, 0.2) is 0 Å². The highest BCUT2D eigenvalue weighted by Crippen LogP contribution is 2.46. The number of sulfonamides is 1. The molecule has 0 fully saturated rings. The van der Waals surface area contributed by atoms with Gasteiger partial charge in [0.25, 0.3) is 0 Å². The highest BCUT2D eigenvalue weighted by molar-refractivity contribution is 7.89. The van der Waals surface area contributed by atoms with E-state index in [1.165, 1.54) is 8.87 Å². The number of benzene rings is 3. The Hall–Kier alpha value is -3.73. The molecule has 2 aliphatic rings. The summed E-state index contributed by atoms with van der Waals surface area (Å²) in [4.78, 5) is 28.7. The molecule has 6 rings (SSSR count). The van der Waals surface area contributed by atoms with Gasteiger partial charge >= 0.3 is 11.4 Å². The zero-order chi connectivity index (χ0) is 29.3. The topological polar surface area (TPSA) is 86.3 Å². The van der Waals surface area contributed by atoms with E-state index in [0.29, 0.717) is 5.69 Å². The lowest BCUT2D eigenvalue weighted by molar-refractivity contribution is 0.308. The van der Waals surface area contributed by atoms with Crippen molar-refractivity contribution < 1.29 is 8.42 Å². The third-order valence-electron chi connectivity index (χ3n) is 9.31. The second kappa shape index (κ2) is 9.40. The van der Waals surface area contributed by atoms with Crippen LogP contribution in [0.5, 0.6) is 0 Å². The van der Waals surface area contributed by atoms with Gasteiger partial charge in [0.05, 0.1) is 21.8 Å². The molecule has 212 valence electrons. The molecule has 41 heavy (non-hydrogen) atoms. The number of nitrogens with zero attached hydrogens (tertiary/aromatic N) is 4. The maximum atomic E-state index is 14.4. The van der Waals surface area contributed by atoms with Crippen molar-refractivity contribution in [1.29, 1.82) is 0 Å².